The Hall–Kier alpha value is -1.84. The normalized spacial score (nSPS) is 16.8. The second-order valence-electron chi connectivity index (χ2n) is 7.61. The zero-order chi connectivity index (χ0) is 21.8. The van der Waals surface area contributed by atoms with Gasteiger partial charge in [0, 0.05) is 38.5 Å². The molecular weight excluding hydrogens is 404 g/mol. The molecule has 1 aromatic carbocycles. The average Bonchev–Trinajstić information content (AvgIpc) is 2.71. The van der Waals surface area contributed by atoms with Crippen LogP contribution in [0.3, 0.4) is 0 Å². The SMILES string of the molecule is CCNC(=NCc1cccc(OCCN2CCOCC2)c1)NC(C)CCS(C)(=O)=O. The third kappa shape index (κ3) is 10.3. The van der Waals surface area contributed by atoms with E-state index in [1.54, 1.807) is 0 Å². The molecule has 1 saturated heterocycles. The zero-order valence-corrected chi connectivity index (χ0v) is 19.2. The molecule has 0 amide bonds. The minimum Gasteiger partial charge on any atom is -0.492 e. The summed E-state index contributed by atoms with van der Waals surface area (Å²) in [6.07, 6.45) is 1.80. The van der Waals surface area contributed by atoms with Gasteiger partial charge < -0.3 is 20.1 Å². The maximum atomic E-state index is 11.4. The fraction of sp³-hybridized carbons (Fsp3) is 0.667. The number of morpholine rings is 1. The Kier molecular flexibility index (Phi) is 10.4. The van der Waals surface area contributed by atoms with E-state index in [4.69, 9.17) is 9.47 Å². The van der Waals surface area contributed by atoms with E-state index in [0.29, 0.717) is 25.5 Å². The van der Waals surface area contributed by atoms with Gasteiger partial charge in [0.05, 0.1) is 25.5 Å². The Balaban J connectivity index is 1.84. The van der Waals surface area contributed by atoms with E-state index >= 15 is 0 Å². The summed E-state index contributed by atoms with van der Waals surface area (Å²) in [6, 6.07) is 7.98. The molecule has 0 spiro atoms. The van der Waals surface area contributed by atoms with Crippen LogP contribution in [0, 0.1) is 0 Å². The lowest BCUT2D eigenvalue weighted by Crippen LogP contribution is -2.42. The molecule has 1 fully saturated rings. The first-order chi connectivity index (χ1) is 14.4. The smallest absolute Gasteiger partial charge is 0.191 e. The third-order valence-corrected chi connectivity index (χ3v) is 5.72. The lowest BCUT2D eigenvalue weighted by atomic mass is 10.2. The number of hydrogen-bond acceptors (Lipinski definition) is 6. The second-order valence-corrected chi connectivity index (χ2v) is 9.87. The monoisotopic (exact) mass is 440 g/mol. The van der Waals surface area contributed by atoms with Gasteiger partial charge in [0.25, 0.3) is 0 Å². The maximum absolute atomic E-state index is 11.4. The molecule has 0 saturated carbocycles. The molecule has 1 aliphatic heterocycles. The van der Waals surface area contributed by atoms with Crippen LogP contribution in [0.5, 0.6) is 5.75 Å². The van der Waals surface area contributed by atoms with Crippen LogP contribution in [0.4, 0.5) is 0 Å². The van der Waals surface area contributed by atoms with Crippen LogP contribution >= 0.6 is 0 Å². The van der Waals surface area contributed by atoms with Gasteiger partial charge in [-0.2, -0.15) is 0 Å². The molecule has 0 radical (unpaired) electrons. The standard InChI is InChI=1S/C21H36N4O4S/c1-4-22-21(24-18(2)8-15-30(3,26)27)23-17-19-6-5-7-20(16-19)29-14-11-25-9-12-28-13-10-25/h5-7,16,18H,4,8-15,17H2,1-3H3,(H2,22,23,24). The van der Waals surface area contributed by atoms with Crippen molar-refractivity contribution < 1.29 is 17.9 Å². The Labute approximate surface area is 181 Å². The Morgan fingerprint density at radius 3 is 2.80 bits per heavy atom. The molecule has 0 bridgehead atoms. The van der Waals surface area contributed by atoms with E-state index < -0.39 is 9.84 Å². The average molecular weight is 441 g/mol. The van der Waals surface area contributed by atoms with Crippen LogP contribution in [0.15, 0.2) is 29.3 Å². The molecule has 170 valence electrons. The molecule has 30 heavy (non-hydrogen) atoms. The van der Waals surface area contributed by atoms with Gasteiger partial charge in [-0.15, -0.1) is 0 Å². The number of rotatable bonds is 11. The molecule has 8 nitrogen and oxygen atoms in total. The molecule has 9 heteroatoms. The van der Waals surface area contributed by atoms with Gasteiger partial charge in [0.1, 0.15) is 22.2 Å². The van der Waals surface area contributed by atoms with Crippen molar-refractivity contribution in [1.29, 1.82) is 0 Å². The molecule has 2 rings (SSSR count). The van der Waals surface area contributed by atoms with Gasteiger partial charge in [-0.3, -0.25) is 4.90 Å². The highest BCUT2D eigenvalue weighted by Gasteiger charge is 2.11. The number of sulfone groups is 1. The number of guanidine groups is 1. The van der Waals surface area contributed by atoms with Gasteiger partial charge in [-0.25, -0.2) is 13.4 Å². The van der Waals surface area contributed by atoms with Gasteiger partial charge in [0.15, 0.2) is 5.96 Å². The lowest BCUT2D eigenvalue weighted by molar-refractivity contribution is 0.0322. The van der Waals surface area contributed by atoms with Crippen molar-refractivity contribution in [3.05, 3.63) is 29.8 Å². The lowest BCUT2D eigenvalue weighted by Gasteiger charge is -2.26. The highest BCUT2D eigenvalue weighted by Crippen LogP contribution is 2.14. The summed E-state index contributed by atoms with van der Waals surface area (Å²) in [5.41, 5.74) is 1.06. The van der Waals surface area contributed by atoms with Crippen LogP contribution in [0.2, 0.25) is 0 Å². The zero-order valence-electron chi connectivity index (χ0n) is 18.4. The summed E-state index contributed by atoms with van der Waals surface area (Å²) in [7, 11) is -2.97. The topological polar surface area (TPSA) is 92.3 Å². The van der Waals surface area contributed by atoms with E-state index in [9.17, 15) is 8.42 Å². The molecule has 0 aliphatic carbocycles. The fourth-order valence-corrected chi connectivity index (χ4v) is 3.82. The second kappa shape index (κ2) is 12.8. The predicted octanol–water partition coefficient (Wildman–Crippen LogP) is 1.28. The van der Waals surface area contributed by atoms with E-state index in [1.807, 2.05) is 38.1 Å². The summed E-state index contributed by atoms with van der Waals surface area (Å²) in [5.74, 6) is 1.68. The van der Waals surface area contributed by atoms with Crippen molar-refractivity contribution in [2.24, 2.45) is 4.99 Å². The van der Waals surface area contributed by atoms with Gasteiger partial charge in [0.2, 0.25) is 0 Å². The van der Waals surface area contributed by atoms with E-state index in [2.05, 4.69) is 20.5 Å². The molecule has 1 atom stereocenters. The van der Waals surface area contributed by atoms with Crippen molar-refractivity contribution in [1.82, 2.24) is 15.5 Å². The van der Waals surface area contributed by atoms with E-state index in [-0.39, 0.29) is 11.8 Å². The summed E-state index contributed by atoms with van der Waals surface area (Å²) in [4.78, 5) is 6.97. The Morgan fingerprint density at radius 1 is 1.33 bits per heavy atom. The van der Waals surface area contributed by atoms with Crippen molar-refractivity contribution >= 4 is 15.8 Å². The molecular formula is C21H36N4O4S. The summed E-state index contributed by atoms with van der Waals surface area (Å²) in [6.45, 7) is 10.2. The molecule has 1 aliphatic rings. The molecule has 2 N–H and O–H groups in total. The Bertz CT molecular complexity index is 764. The van der Waals surface area contributed by atoms with Gasteiger partial charge >= 0.3 is 0 Å². The van der Waals surface area contributed by atoms with Crippen LogP contribution in [-0.2, 0) is 21.1 Å². The number of nitrogens with zero attached hydrogens (tertiary/aromatic N) is 2. The predicted molar refractivity (Wildman–Crippen MR) is 121 cm³/mol. The van der Waals surface area contributed by atoms with Crippen LogP contribution in [-0.4, -0.2) is 83.3 Å². The van der Waals surface area contributed by atoms with Crippen molar-refractivity contribution in [3.8, 4) is 5.75 Å². The number of benzene rings is 1. The quantitative estimate of drug-likeness (QED) is 0.395. The first kappa shape index (κ1) is 24.4. The third-order valence-electron chi connectivity index (χ3n) is 4.75. The van der Waals surface area contributed by atoms with Crippen LogP contribution in [0.25, 0.3) is 0 Å². The van der Waals surface area contributed by atoms with Gasteiger partial charge in [-0.1, -0.05) is 12.1 Å². The number of ether oxygens (including phenoxy) is 2. The summed E-state index contributed by atoms with van der Waals surface area (Å²) >= 11 is 0. The molecule has 0 aromatic heterocycles. The first-order valence-corrected chi connectivity index (χ1v) is 12.7. The van der Waals surface area contributed by atoms with Gasteiger partial charge in [-0.05, 0) is 38.0 Å². The number of nitrogens with one attached hydrogen (secondary N) is 2. The molecule has 1 heterocycles. The fourth-order valence-electron chi connectivity index (χ4n) is 3.04. The van der Waals surface area contributed by atoms with Crippen LogP contribution < -0.4 is 15.4 Å². The van der Waals surface area contributed by atoms with E-state index in [0.717, 1.165) is 50.7 Å². The first-order valence-electron chi connectivity index (χ1n) is 10.6. The minimum atomic E-state index is -2.97. The highest BCUT2D eigenvalue weighted by molar-refractivity contribution is 7.90. The minimum absolute atomic E-state index is 0.00683. The summed E-state index contributed by atoms with van der Waals surface area (Å²) in [5, 5.41) is 6.48. The van der Waals surface area contributed by atoms with Crippen molar-refractivity contribution in [3.63, 3.8) is 0 Å². The molecule has 1 unspecified atom stereocenters. The number of hydrogen-bond donors (Lipinski definition) is 2. The van der Waals surface area contributed by atoms with Crippen LogP contribution in [0.1, 0.15) is 25.8 Å². The number of aliphatic imine (C=N–C) groups is 1. The summed E-state index contributed by atoms with van der Waals surface area (Å²) < 4.78 is 34.0. The van der Waals surface area contributed by atoms with Crippen molar-refractivity contribution in [2.45, 2.75) is 32.9 Å². The van der Waals surface area contributed by atoms with Crippen molar-refractivity contribution in [2.75, 3.05) is 58.0 Å². The Morgan fingerprint density at radius 2 is 2.10 bits per heavy atom. The largest absolute Gasteiger partial charge is 0.492 e. The molecule has 1 aromatic rings. The highest BCUT2D eigenvalue weighted by atomic mass is 32.2. The van der Waals surface area contributed by atoms with E-state index in [1.165, 1.54) is 6.26 Å². The maximum Gasteiger partial charge on any atom is 0.191 e.